The van der Waals surface area contributed by atoms with Crippen molar-refractivity contribution < 1.29 is 24.2 Å². The normalized spacial score (nSPS) is 20.2. The van der Waals surface area contributed by atoms with Gasteiger partial charge in [-0.2, -0.15) is 0 Å². The van der Waals surface area contributed by atoms with Gasteiger partial charge in [-0.25, -0.2) is 4.79 Å². The lowest BCUT2D eigenvalue weighted by Crippen LogP contribution is -2.24. The highest BCUT2D eigenvalue weighted by atomic mass is 16.6. The average molecular weight is 266 g/mol. The van der Waals surface area contributed by atoms with Crippen molar-refractivity contribution in [3.05, 3.63) is 12.2 Å². The van der Waals surface area contributed by atoms with Crippen molar-refractivity contribution in [2.45, 2.75) is 51.4 Å². The van der Waals surface area contributed by atoms with Crippen molar-refractivity contribution in [3.63, 3.8) is 0 Å². The van der Waals surface area contributed by atoms with Crippen LogP contribution in [0.5, 0.6) is 0 Å². The molecule has 0 aromatic heterocycles. The second-order valence-electron chi connectivity index (χ2n) is 4.23. The van der Waals surface area contributed by atoms with Crippen molar-refractivity contribution in [3.8, 4) is 11.8 Å². The topological polar surface area (TPSA) is 72.8 Å². The van der Waals surface area contributed by atoms with Gasteiger partial charge in [0.25, 0.3) is 0 Å². The Hall–Kier alpha value is -1.80. The van der Waals surface area contributed by atoms with Crippen molar-refractivity contribution in [1.29, 1.82) is 0 Å². The largest absolute Gasteiger partial charge is 0.451 e. The van der Waals surface area contributed by atoms with Crippen molar-refractivity contribution in [2.75, 3.05) is 0 Å². The van der Waals surface area contributed by atoms with Gasteiger partial charge in [-0.05, 0) is 18.9 Å². The molecule has 0 saturated heterocycles. The summed E-state index contributed by atoms with van der Waals surface area (Å²) in [5.74, 6) is 4.37. The van der Waals surface area contributed by atoms with Gasteiger partial charge < -0.3 is 14.6 Å². The molecule has 0 fully saturated rings. The van der Waals surface area contributed by atoms with E-state index in [1.54, 1.807) is 0 Å². The number of cyclic esters (lactones) is 1. The summed E-state index contributed by atoms with van der Waals surface area (Å²) < 4.78 is 9.84. The van der Waals surface area contributed by atoms with E-state index < -0.39 is 30.3 Å². The zero-order valence-corrected chi connectivity index (χ0v) is 11.1. The van der Waals surface area contributed by atoms with E-state index in [2.05, 4.69) is 11.8 Å². The number of rotatable bonds is 5. The second-order valence-corrected chi connectivity index (χ2v) is 4.23. The fourth-order valence-corrected chi connectivity index (χ4v) is 1.57. The predicted molar refractivity (Wildman–Crippen MR) is 67.9 cm³/mol. The van der Waals surface area contributed by atoms with Gasteiger partial charge in [-0.3, -0.25) is 4.79 Å². The van der Waals surface area contributed by atoms with E-state index in [1.165, 1.54) is 19.1 Å². The van der Waals surface area contributed by atoms with Crippen molar-refractivity contribution >= 4 is 11.9 Å². The number of ether oxygens (including phenoxy) is 2. The Morgan fingerprint density at radius 2 is 2.32 bits per heavy atom. The quantitative estimate of drug-likeness (QED) is 0.592. The summed E-state index contributed by atoms with van der Waals surface area (Å²) in [4.78, 5) is 21.8. The molecule has 1 N–H and O–H groups in total. The van der Waals surface area contributed by atoms with E-state index in [1.807, 2.05) is 6.92 Å². The Kier molecular flexibility index (Phi) is 6.10. The lowest BCUT2D eigenvalue weighted by Gasteiger charge is -2.12. The van der Waals surface area contributed by atoms with Crippen LogP contribution < -0.4 is 0 Å². The highest BCUT2D eigenvalue weighted by Crippen LogP contribution is 2.10. The molecule has 104 valence electrons. The molecule has 0 aromatic carbocycles. The van der Waals surface area contributed by atoms with Gasteiger partial charge in [0.05, 0.1) is 0 Å². The van der Waals surface area contributed by atoms with E-state index in [0.29, 0.717) is 6.42 Å². The Morgan fingerprint density at radius 3 is 2.84 bits per heavy atom. The van der Waals surface area contributed by atoms with Crippen LogP contribution >= 0.6 is 0 Å². The molecule has 5 nitrogen and oxygen atoms in total. The Morgan fingerprint density at radius 1 is 1.58 bits per heavy atom. The maximum Gasteiger partial charge on any atom is 0.331 e. The van der Waals surface area contributed by atoms with Gasteiger partial charge in [0.2, 0.25) is 0 Å². The molecule has 0 aromatic rings. The molecule has 0 bridgehead atoms. The van der Waals surface area contributed by atoms with Crippen LogP contribution in [-0.2, 0) is 19.1 Å². The third-order valence-electron chi connectivity index (χ3n) is 2.51. The lowest BCUT2D eigenvalue weighted by molar-refractivity contribution is -0.144. The second kappa shape index (κ2) is 7.59. The van der Waals surface area contributed by atoms with Crippen LogP contribution in [0, 0.1) is 11.8 Å². The molecule has 0 amide bonds. The summed E-state index contributed by atoms with van der Waals surface area (Å²) >= 11 is 0. The van der Waals surface area contributed by atoms with Gasteiger partial charge in [0.1, 0.15) is 0 Å². The molecule has 1 aliphatic heterocycles. The number of carbonyl (C=O) groups excluding carboxylic acids is 2. The maximum atomic E-state index is 10.9. The minimum Gasteiger partial charge on any atom is -0.451 e. The fraction of sp³-hybridized carbons (Fsp3) is 0.571. The third-order valence-corrected chi connectivity index (χ3v) is 2.51. The molecule has 0 radical (unpaired) electrons. The zero-order valence-electron chi connectivity index (χ0n) is 11.1. The average Bonchev–Trinajstić information content (AvgIpc) is 2.78. The monoisotopic (exact) mass is 266 g/mol. The molecule has 0 unspecified atom stereocenters. The molecule has 1 rings (SSSR count). The Balaban J connectivity index is 2.57. The number of aliphatic hydroxyl groups excluding tert-OH is 1. The summed E-state index contributed by atoms with van der Waals surface area (Å²) in [6, 6.07) is 0. The molecule has 0 saturated carbocycles. The fourth-order valence-electron chi connectivity index (χ4n) is 1.57. The van der Waals surface area contributed by atoms with Gasteiger partial charge >= 0.3 is 11.9 Å². The van der Waals surface area contributed by atoms with E-state index >= 15 is 0 Å². The molecule has 5 heteroatoms. The van der Waals surface area contributed by atoms with E-state index in [0.717, 1.165) is 12.8 Å². The molecule has 1 heterocycles. The number of esters is 2. The zero-order chi connectivity index (χ0) is 14.3. The predicted octanol–water partition coefficient (Wildman–Crippen LogP) is 0.954. The molecule has 0 spiro atoms. The number of unbranched alkanes of at least 4 members (excludes halogenated alkanes) is 1. The first-order valence-electron chi connectivity index (χ1n) is 6.28. The van der Waals surface area contributed by atoms with Crippen molar-refractivity contribution in [1.82, 2.24) is 0 Å². The maximum absolute atomic E-state index is 10.9. The van der Waals surface area contributed by atoms with Crippen LogP contribution in [0.3, 0.4) is 0 Å². The first-order chi connectivity index (χ1) is 9.02. The van der Waals surface area contributed by atoms with Crippen LogP contribution in [0.15, 0.2) is 12.2 Å². The summed E-state index contributed by atoms with van der Waals surface area (Å²) in [6.07, 6.45) is 2.77. The van der Waals surface area contributed by atoms with Gasteiger partial charge in [0.15, 0.2) is 18.3 Å². The first kappa shape index (κ1) is 15.3. The lowest BCUT2D eigenvalue weighted by atomic mass is 10.1. The molecule has 19 heavy (non-hydrogen) atoms. The summed E-state index contributed by atoms with van der Waals surface area (Å²) in [6.45, 7) is 3.34. The smallest absolute Gasteiger partial charge is 0.331 e. The Bertz CT molecular complexity index is 415. The number of hydrogen-bond acceptors (Lipinski definition) is 5. The SMILES string of the molecule is CCCC[C@@H](C#C[C@H](O)[C@@H]1C=CC(=O)O1)OC(C)=O. The highest BCUT2D eigenvalue weighted by molar-refractivity contribution is 5.84. The van der Waals surface area contributed by atoms with Crippen LogP contribution in [0.4, 0.5) is 0 Å². The number of carbonyl (C=O) groups is 2. The van der Waals surface area contributed by atoms with Gasteiger partial charge in [-0.1, -0.05) is 25.2 Å². The van der Waals surface area contributed by atoms with Crippen molar-refractivity contribution in [2.24, 2.45) is 0 Å². The number of hydrogen-bond donors (Lipinski definition) is 1. The summed E-state index contributed by atoms with van der Waals surface area (Å²) in [5, 5.41) is 9.73. The van der Waals surface area contributed by atoms with Crippen LogP contribution in [-0.4, -0.2) is 35.4 Å². The minimum absolute atomic E-state index is 0.405. The van der Waals surface area contributed by atoms with Crippen LogP contribution in [0.1, 0.15) is 33.1 Å². The van der Waals surface area contributed by atoms with Gasteiger partial charge in [0, 0.05) is 13.0 Å². The van der Waals surface area contributed by atoms with E-state index in [-0.39, 0.29) is 0 Å². The van der Waals surface area contributed by atoms with E-state index in [9.17, 15) is 14.7 Å². The highest BCUT2D eigenvalue weighted by Gasteiger charge is 2.23. The molecule has 0 aliphatic carbocycles. The minimum atomic E-state index is -1.11. The summed E-state index contributed by atoms with van der Waals surface area (Å²) in [5.41, 5.74) is 0. The summed E-state index contributed by atoms with van der Waals surface area (Å²) in [7, 11) is 0. The first-order valence-corrected chi connectivity index (χ1v) is 6.28. The molecule has 3 atom stereocenters. The van der Waals surface area contributed by atoms with E-state index in [4.69, 9.17) is 9.47 Å². The third kappa shape index (κ3) is 5.58. The standard InChI is InChI=1S/C14H18O5/c1-3-4-5-11(18-10(2)15)6-7-12(16)13-8-9-14(17)19-13/h8-9,11-13,16H,3-5H2,1-2H3/t11-,12-,13-/m0/s1. The Labute approximate surface area is 112 Å². The molecular weight excluding hydrogens is 248 g/mol. The molecule has 1 aliphatic rings. The number of aliphatic hydroxyl groups is 1. The molecular formula is C14H18O5. The van der Waals surface area contributed by atoms with Gasteiger partial charge in [-0.15, -0.1) is 0 Å². The van der Waals surface area contributed by atoms with Crippen LogP contribution in [0.25, 0.3) is 0 Å². The van der Waals surface area contributed by atoms with Crippen LogP contribution in [0.2, 0.25) is 0 Å².